The first kappa shape index (κ1) is 28.6. The number of thioether (sulfide) groups is 1. The first-order chi connectivity index (χ1) is 18.9. The second-order valence-electron chi connectivity index (χ2n) is 8.70. The van der Waals surface area contributed by atoms with Gasteiger partial charge in [0, 0.05) is 23.7 Å². The number of fused-ring (bicyclic) bond motifs is 1. The molecule has 0 saturated heterocycles. The molecule has 0 aliphatic rings. The molecule has 0 radical (unpaired) electrons. The summed E-state index contributed by atoms with van der Waals surface area (Å²) in [5.74, 6) is 0.292. The molecule has 0 fully saturated rings. The second kappa shape index (κ2) is 13.6. The molecule has 4 rings (SSSR count). The monoisotopic (exact) mass is 612 g/mol. The largest absolute Gasteiger partial charge is 0.467 e. The van der Waals surface area contributed by atoms with Crippen molar-refractivity contribution in [3.63, 3.8) is 0 Å². The van der Waals surface area contributed by atoms with E-state index in [2.05, 4.69) is 26.6 Å². The van der Waals surface area contributed by atoms with Gasteiger partial charge >= 0.3 is 0 Å². The average Bonchev–Trinajstić information content (AvgIpc) is 3.47. The van der Waals surface area contributed by atoms with Gasteiger partial charge in [-0.1, -0.05) is 46.7 Å². The molecule has 0 aliphatic carbocycles. The van der Waals surface area contributed by atoms with Gasteiger partial charge in [0.25, 0.3) is 11.5 Å². The molecule has 11 heteroatoms. The summed E-state index contributed by atoms with van der Waals surface area (Å²) < 4.78 is 12.6. The Morgan fingerprint density at radius 1 is 1.15 bits per heavy atom. The van der Waals surface area contributed by atoms with Crippen LogP contribution >= 0.6 is 27.7 Å². The van der Waals surface area contributed by atoms with E-state index in [9.17, 15) is 14.4 Å². The highest BCUT2D eigenvalue weighted by Crippen LogP contribution is 2.26. The van der Waals surface area contributed by atoms with Crippen molar-refractivity contribution in [3.05, 3.63) is 92.6 Å². The lowest BCUT2D eigenvalue weighted by atomic mass is 10.1. The molecule has 0 saturated carbocycles. The molecule has 9 nitrogen and oxygen atoms in total. The third-order valence-electron chi connectivity index (χ3n) is 5.96. The average molecular weight is 614 g/mol. The van der Waals surface area contributed by atoms with E-state index >= 15 is 0 Å². The van der Waals surface area contributed by atoms with Gasteiger partial charge in [0.15, 0.2) is 5.16 Å². The topological polar surface area (TPSA) is 115 Å². The highest BCUT2D eigenvalue weighted by Gasteiger charge is 2.22. The second-order valence-corrected chi connectivity index (χ2v) is 10.8. The van der Waals surface area contributed by atoms with Crippen LogP contribution < -0.4 is 16.2 Å². The predicted molar refractivity (Wildman–Crippen MR) is 154 cm³/mol. The molecule has 2 amide bonds. The van der Waals surface area contributed by atoms with E-state index in [0.29, 0.717) is 47.0 Å². The van der Waals surface area contributed by atoms with Gasteiger partial charge in [-0.3, -0.25) is 19.0 Å². The summed E-state index contributed by atoms with van der Waals surface area (Å²) in [6.07, 6.45) is 2.10. The molecule has 1 atom stereocenters. The number of carbonyl (C=O) groups is 2. The molecule has 4 aromatic rings. The molecular weight excluding hydrogens is 584 g/mol. The molecular formula is C28H29BrN4O5S. The molecule has 204 valence electrons. The van der Waals surface area contributed by atoms with Gasteiger partial charge < -0.3 is 19.8 Å². The zero-order valence-electron chi connectivity index (χ0n) is 21.6. The van der Waals surface area contributed by atoms with E-state index in [0.717, 1.165) is 10.0 Å². The molecule has 2 N–H and O–H groups in total. The van der Waals surface area contributed by atoms with Crippen molar-refractivity contribution in [2.75, 3.05) is 20.3 Å². The zero-order chi connectivity index (χ0) is 27.8. The van der Waals surface area contributed by atoms with E-state index in [1.165, 1.54) is 11.8 Å². The van der Waals surface area contributed by atoms with E-state index in [4.69, 9.17) is 14.1 Å². The number of nitrogens with one attached hydrogen (secondary N) is 2. The number of methoxy groups -OCH3 is 1. The minimum absolute atomic E-state index is 0.167. The predicted octanol–water partition coefficient (Wildman–Crippen LogP) is 4.36. The van der Waals surface area contributed by atoms with Gasteiger partial charge in [0.1, 0.15) is 5.76 Å². The van der Waals surface area contributed by atoms with Crippen LogP contribution in [0, 0.1) is 0 Å². The minimum Gasteiger partial charge on any atom is -0.467 e. The normalized spacial score (nSPS) is 11.9. The molecule has 0 aliphatic heterocycles. The number of nitrogens with zero attached hydrogens (tertiary/aromatic N) is 2. The summed E-state index contributed by atoms with van der Waals surface area (Å²) in [6, 6.07) is 16.0. The minimum atomic E-state index is -0.468. The van der Waals surface area contributed by atoms with Crippen LogP contribution in [0.4, 0.5) is 0 Å². The van der Waals surface area contributed by atoms with Crippen molar-refractivity contribution in [1.29, 1.82) is 0 Å². The number of amides is 2. The van der Waals surface area contributed by atoms with Gasteiger partial charge in [0.2, 0.25) is 5.91 Å². The Morgan fingerprint density at radius 3 is 2.64 bits per heavy atom. The van der Waals surface area contributed by atoms with Crippen LogP contribution in [0.25, 0.3) is 10.9 Å². The van der Waals surface area contributed by atoms with E-state index < -0.39 is 5.25 Å². The van der Waals surface area contributed by atoms with Crippen molar-refractivity contribution in [1.82, 2.24) is 20.2 Å². The Kier molecular flexibility index (Phi) is 9.96. The fourth-order valence-corrected chi connectivity index (χ4v) is 5.26. The lowest BCUT2D eigenvalue weighted by Gasteiger charge is -2.18. The Bertz CT molecular complexity index is 1490. The zero-order valence-corrected chi connectivity index (χ0v) is 24.0. The van der Waals surface area contributed by atoms with Crippen LogP contribution in [0.5, 0.6) is 0 Å². The highest BCUT2D eigenvalue weighted by atomic mass is 79.9. The number of halogens is 1. The first-order valence-corrected chi connectivity index (χ1v) is 14.1. The standard InChI is InChI=1S/C28H29BrN4O5S/c1-3-24(26(35)31-16-21-5-4-13-38-21)39-28-32-23-11-10-20(29)15-22(23)27(36)33(28)17-18-6-8-19(9-7-18)25(34)30-12-14-37-2/h4-11,13,15,24H,3,12,14,16-17H2,1-2H3,(H,30,34)(H,31,35)/t24-/m1/s1. The number of hydrogen-bond donors (Lipinski definition) is 2. The number of rotatable bonds is 12. The first-order valence-electron chi connectivity index (χ1n) is 12.4. The van der Waals surface area contributed by atoms with Crippen LogP contribution in [0.1, 0.15) is 35.0 Å². The number of hydrogen-bond acceptors (Lipinski definition) is 7. The third kappa shape index (κ3) is 7.37. The van der Waals surface area contributed by atoms with Crippen LogP contribution in [0.3, 0.4) is 0 Å². The van der Waals surface area contributed by atoms with Crippen LogP contribution in [0.15, 0.2) is 79.7 Å². The summed E-state index contributed by atoms with van der Waals surface area (Å²) in [5, 5.41) is 6.13. The lowest BCUT2D eigenvalue weighted by Crippen LogP contribution is -2.33. The third-order valence-corrected chi connectivity index (χ3v) is 7.81. The number of ether oxygens (including phenoxy) is 1. The van der Waals surface area contributed by atoms with Gasteiger partial charge in [-0.2, -0.15) is 0 Å². The van der Waals surface area contributed by atoms with E-state index in [1.807, 2.05) is 25.1 Å². The van der Waals surface area contributed by atoms with Crippen molar-refractivity contribution in [3.8, 4) is 0 Å². The Labute approximate surface area is 238 Å². The maximum Gasteiger partial charge on any atom is 0.262 e. The molecule has 2 aromatic heterocycles. The SMILES string of the molecule is CC[C@@H](Sc1nc2ccc(Br)cc2c(=O)n1Cc1ccc(C(=O)NCCOC)cc1)C(=O)NCc1ccco1. The summed E-state index contributed by atoms with van der Waals surface area (Å²) in [6.45, 7) is 3.27. The van der Waals surface area contributed by atoms with Crippen molar-refractivity contribution in [2.45, 2.75) is 36.8 Å². The Morgan fingerprint density at radius 2 is 1.95 bits per heavy atom. The maximum atomic E-state index is 13.6. The Hall–Kier alpha value is -3.41. The number of benzene rings is 2. The molecule has 0 spiro atoms. The van der Waals surface area contributed by atoms with Gasteiger partial charge in [-0.05, 0) is 54.4 Å². The van der Waals surface area contributed by atoms with Crippen LogP contribution in [-0.2, 0) is 22.6 Å². The quantitative estimate of drug-likeness (QED) is 0.139. The number of furan rings is 1. The van der Waals surface area contributed by atoms with Crippen molar-refractivity contribution >= 4 is 50.4 Å². The molecule has 0 unspecified atom stereocenters. The molecule has 2 aromatic carbocycles. The lowest BCUT2D eigenvalue weighted by molar-refractivity contribution is -0.120. The fraction of sp³-hybridized carbons (Fsp3) is 0.286. The molecule has 39 heavy (non-hydrogen) atoms. The maximum absolute atomic E-state index is 13.6. The van der Waals surface area contributed by atoms with Gasteiger partial charge in [0.05, 0.1) is 42.1 Å². The summed E-state index contributed by atoms with van der Waals surface area (Å²) in [7, 11) is 1.58. The van der Waals surface area contributed by atoms with Crippen molar-refractivity contribution < 1.29 is 18.7 Å². The van der Waals surface area contributed by atoms with Gasteiger partial charge in [-0.15, -0.1) is 0 Å². The summed E-state index contributed by atoms with van der Waals surface area (Å²) >= 11 is 4.69. The smallest absolute Gasteiger partial charge is 0.262 e. The molecule has 0 bridgehead atoms. The van der Waals surface area contributed by atoms with Crippen LogP contribution in [-0.4, -0.2) is 46.9 Å². The Balaban J connectivity index is 1.60. The number of carbonyl (C=O) groups excluding carboxylic acids is 2. The van der Waals surface area contributed by atoms with E-state index in [1.54, 1.807) is 54.3 Å². The summed E-state index contributed by atoms with van der Waals surface area (Å²) in [4.78, 5) is 43.8. The van der Waals surface area contributed by atoms with E-state index in [-0.39, 0.29) is 30.5 Å². The van der Waals surface area contributed by atoms with Crippen molar-refractivity contribution in [2.24, 2.45) is 0 Å². The fourth-order valence-electron chi connectivity index (χ4n) is 3.87. The van der Waals surface area contributed by atoms with Crippen LogP contribution in [0.2, 0.25) is 0 Å². The van der Waals surface area contributed by atoms with Gasteiger partial charge in [-0.25, -0.2) is 4.98 Å². The summed E-state index contributed by atoms with van der Waals surface area (Å²) in [5.41, 5.74) is 1.67. The number of aromatic nitrogens is 2. The highest BCUT2D eigenvalue weighted by molar-refractivity contribution is 9.10. The molecule has 2 heterocycles.